The molecular weight excluding hydrogens is 685 g/mol. The number of aliphatic imine (C=N–C) groups is 1. The number of benzene rings is 2. The first-order chi connectivity index (χ1) is 24.4. The molecule has 11 heteroatoms. The Morgan fingerprint density at radius 3 is 1.45 bits per heavy atom. The summed E-state index contributed by atoms with van der Waals surface area (Å²) in [5.41, 5.74) is 10.9. The third-order valence-corrected chi connectivity index (χ3v) is 9.02. The van der Waals surface area contributed by atoms with Gasteiger partial charge in [0, 0.05) is 18.8 Å². The van der Waals surface area contributed by atoms with E-state index in [1.54, 1.807) is 35.1 Å². The van der Waals surface area contributed by atoms with E-state index >= 15 is 0 Å². The van der Waals surface area contributed by atoms with E-state index in [0.717, 1.165) is 44.8 Å². The van der Waals surface area contributed by atoms with Gasteiger partial charge in [-0.1, -0.05) is 48.5 Å². The Balaban J connectivity index is 0.00000374. The molecule has 3 aliphatic heterocycles. The van der Waals surface area contributed by atoms with Crippen molar-refractivity contribution < 1.29 is 30.4 Å². The van der Waals surface area contributed by atoms with E-state index in [1.807, 2.05) is 75.1 Å². The molecule has 0 amide bonds. The minimum Gasteiger partial charge on any atom is -0.657 e. The second kappa shape index (κ2) is 12.7. The molecule has 6 aromatic rings. The minimum atomic E-state index is -0.329. The zero-order valence-corrected chi connectivity index (χ0v) is 28.6. The maximum atomic E-state index is 14.2. The Hall–Kier alpha value is -6.03. The number of fused-ring (bicyclic) bond motifs is 8. The molecule has 1 radical (unpaired) electrons. The SMILES string of the molecule is Cn1cc(-c2c3nc(c(-c4ccc(F)cc4)c4ccc([n-]4)c(C4=[N+](C)CC=N4)c4nc(c(-c5ccc(F)cc5)c5ccc2[n-]5)C=C4)C=C3)cn1.[Mn+2]. The number of amidine groups is 1. The molecule has 0 unspecified atom stereocenters. The molecular formula is C40H27F2MnN8+. The van der Waals surface area contributed by atoms with E-state index in [2.05, 4.69) is 9.67 Å². The van der Waals surface area contributed by atoms with Crippen molar-refractivity contribution in [3.63, 3.8) is 0 Å². The van der Waals surface area contributed by atoms with Gasteiger partial charge < -0.3 is 9.97 Å². The molecule has 2 aromatic carbocycles. The van der Waals surface area contributed by atoms with Crippen LogP contribution in [0.15, 0.2) is 90.2 Å². The fraction of sp³-hybridized carbons (Fsp3) is 0.0750. The van der Waals surface area contributed by atoms with Crippen LogP contribution in [0.5, 0.6) is 0 Å². The normalized spacial score (nSPS) is 13.3. The van der Waals surface area contributed by atoms with Gasteiger partial charge in [0.05, 0.1) is 41.6 Å². The average Bonchev–Trinajstić information content (AvgIpc) is 3.96. The Labute approximate surface area is 301 Å². The van der Waals surface area contributed by atoms with Gasteiger partial charge in [0.25, 0.3) is 0 Å². The van der Waals surface area contributed by atoms with Gasteiger partial charge in [0.1, 0.15) is 18.2 Å². The first kappa shape index (κ1) is 32.2. The van der Waals surface area contributed by atoms with Crippen LogP contribution in [-0.4, -0.2) is 50.0 Å². The van der Waals surface area contributed by atoms with Crippen molar-refractivity contribution in [3.05, 3.63) is 125 Å². The number of hydrogen-bond donors (Lipinski definition) is 0. The number of nitrogens with zero attached hydrogens (tertiary/aromatic N) is 8. The van der Waals surface area contributed by atoms with Gasteiger partial charge in [0.2, 0.25) is 0 Å². The summed E-state index contributed by atoms with van der Waals surface area (Å²) in [6, 6.07) is 20.6. The second-order valence-corrected chi connectivity index (χ2v) is 12.3. The third-order valence-electron chi connectivity index (χ3n) is 9.02. The van der Waals surface area contributed by atoms with E-state index in [-0.39, 0.29) is 28.7 Å². The first-order valence-electron chi connectivity index (χ1n) is 16.1. The monoisotopic (exact) mass is 712 g/mol. The third kappa shape index (κ3) is 5.66. The summed E-state index contributed by atoms with van der Waals surface area (Å²) >= 11 is 0. The van der Waals surface area contributed by atoms with Crippen molar-refractivity contribution >= 4 is 58.4 Å². The van der Waals surface area contributed by atoms with Gasteiger partial charge in [-0.05, 0) is 81.4 Å². The van der Waals surface area contributed by atoms with Crippen molar-refractivity contribution in [2.45, 2.75) is 0 Å². The molecule has 0 N–H and O–H groups in total. The smallest absolute Gasteiger partial charge is 0.657 e. The van der Waals surface area contributed by atoms with E-state index in [0.29, 0.717) is 51.4 Å². The van der Waals surface area contributed by atoms with Crippen LogP contribution in [0.1, 0.15) is 28.3 Å². The zero-order chi connectivity index (χ0) is 33.9. The van der Waals surface area contributed by atoms with Gasteiger partial charge in [-0.15, -0.1) is 22.1 Å². The zero-order valence-electron chi connectivity index (χ0n) is 27.4. The quantitative estimate of drug-likeness (QED) is 0.140. The Morgan fingerprint density at radius 1 is 0.608 bits per heavy atom. The summed E-state index contributed by atoms with van der Waals surface area (Å²) in [6.45, 7) is 0.649. The van der Waals surface area contributed by atoms with Crippen LogP contribution in [0.25, 0.3) is 79.8 Å². The Kier molecular flexibility index (Phi) is 8.01. The van der Waals surface area contributed by atoms with Crippen LogP contribution in [-0.2, 0) is 24.1 Å². The fourth-order valence-electron chi connectivity index (χ4n) is 6.68. The number of aryl methyl sites for hydroxylation is 1. The van der Waals surface area contributed by atoms with Crippen LogP contribution >= 0.6 is 0 Å². The van der Waals surface area contributed by atoms with Crippen LogP contribution in [0.3, 0.4) is 0 Å². The summed E-state index contributed by atoms with van der Waals surface area (Å²) in [7, 11) is 3.85. The van der Waals surface area contributed by atoms with E-state index in [9.17, 15) is 8.78 Å². The molecule has 3 aliphatic rings. The van der Waals surface area contributed by atoms with Crippen LogP contribution in [0.4, 0.5) is 8.78 Å². The van der Waals surface area contributed by atoms with E-state index in [4.69, 9.17) is 24.9 Å². The van der Waals surface area contributed by atoms with E-state index < -0.39 is 0 Å². The second-order valence-electron chi connectivity index (χ2n) is 12.3. The molecule has 0 atom stereocenters. The van der Waals surface area contributed by atoms with Crippen molar-refractivity contribution in [3.8, 4) is 33.4 Å². The summed E-state index contributed by atoms with van der Waals surface area (Å²) in [6.07, 6.45) is 13.4. The molecule has 8 bridgehead atoms. The molecule has 7 heterocycles. The number of rotatable bonds is 4. The Morgan fingerprint density at radius 2 is 1.04 bits per heavy atom. The van der Waals surface area contributed by atoms with Gasteiger partial charge in [-0.25, -0.2) is 18.7 Å². The Bertz CT molecular complexity index is 2610. The van der Waals surface area contributed by atoms with Crippen molar-refractivity contribution in [1.29, 1.82) is 0 Å². The van der Waals surface area contributed by atoms with Crippen LogP contribution in [0.2, 0.25) is 0 Å². The van der Waals surface area contributed by atoms with Crippen LogP contribution in [0, 0.1) is 11.6 Å². The first-order valence-corrected chi connectivity index (χ1v) is 16.1. The molecule has 0 fully saturated rings. The van der Waals surface area contributed by atoms with Gasteiger partial charge in [0.15, 0.2) is 6.21 Å². The minimum absolute atomic E-state index is 0. The summed E-state index contributed by atoms with van der Waals surface area (Å²) in [4.78, 5) is 25.4. The number of aromatic nitrogens is 6. The van der Waals surface area contributed by atoms with Gasteiger partial charge in [-0.2, -0.15) is 5.10 Å². The molecule has 4 aromatic heterocycles. The van der Waals surface area contributed by atoms with Crippen molar-refractivity contribution in [2.24, 2.45) is 12.0 Å². The maximum Gasteiger partial charge on any atom is 2.00 e. The average molecular weight is 713 g/mol. The molecule has 0 aliphatic carbocycles. The molecule has 0 saturated carbocycles. The fourth-order valence-corrected chi connectivity index (χ4v) is 6.68. The van der Waals surface area contributed by atoms with E-state index in [1.165, 1.54) is 24.3 Å². The summed E-state index contributed by atoms with van der Waals surface area (Å²) < 4.78 is 32.1. The summed E-state index contributed by atoms with van der Waals surface area (Å²) in [5.74, 6) is 0.0821. The molecule has 0 saturated heterocycles. The molecule has 247 valence electrons. The molecule has 9 rings (SSSR count). The predicted molar refractivity (Wildman–Crippen MR) is 193 cm³/mol. The van der Waals surface area contributed by atoms with Gasteiger partial charge in [-0.3, -0.25) is 9.26 Å². The molecule has 51 heavy (non-hydrogen) atoms. The largest absolute Gasteiger partial charge is 2.00 e. The van der Waals surface area contributed by atoms with Crippen LogP contribution < -0.4 is 9.97 Å². The molecule has 0 spiro atoms. The van der Waals surface area contributed by atoms with Gasteiger partial charge >= 0.3 is 22.9 Å². The topological polar surface area (TPSA) is 87.2 Å². The molecule has 8 nitrogen and oxygen atoms in total. The van der Waals surface area contributed by atoms with Crippen molar-refractivity contribution in [2.75, 3.05) is 13.6 Å². The standard InChI is InChI=1S/C40H27F2N8.Mn/c1-49-20-19-43-40(49)39-34-17-15-30(47-34)36(23-3-7-26(41)8-4-23)28-11-13-32(45-28)38(25-21-44-50(2)22-25)33-14-12-29(46-33)37(31-16-18-35(39)48-31)24-5-9-27(42)10-6-24;/h3-19,21-22H,20H2,1-2H3;/q-1;+2. The maximum absolute atomic E-state index is 14.2. The number of halogens is 2. The summed E-state index contributed by atoms with van der Waals surface area (Å²) in [5, 5.41) is 4.45. The van der Waals surface area contributed by atoms with Crippen molar-refractivity contribution in [1.82, 2.24) is 29.7 Å². The predicted octanol–water partition coefficient (Wildman–Crippen LogP) is 7.40. The number of hydrogen-bond acceptors (Lipinski definition) is 4.